The molecule has 0 radical (unpaired) electrons. The second-order valence-electron chi connectivity index (χ2n) is 4.72. The van der Waals surface area contributed by atoms with Crippen molar-refractivity contribution in [2.75, 3.05) is 6.61 Å². The minimum absolute atomic E-state index is 0.245. The molecule has 24 heavy (non-hydrogen) atoms. The number of nitrogen functional groups attached to an aromatic ring is 1. The second-order valence-corrected chi connectivity index (χ2v) is 6.72. The molecular formula is C16H15Cl2IN2O3. The smallest absolute Gasteiger partial charge is 0.265 e. The van der Waals surface area contributed by atoms with Gasteiger partial charge < -0.3 is 9.47 Å². The summed E-state index contributed by atoms with van der Waals surface area (Å²) in [4.78, 5) is 11.7. The number of rotatable bonds is 6. The van der Waals surface area contributed by atoms with Crippen molar-refractivity contribution in [2.45, 2.75) is 13.5 Å². The Labute approximate surface area is 163 Å². The molecule has 0 aromatic heterocycles. The third-order valence-corrected chi connectivity index (χ3v) is 4.48. The molecule has 2 aromatic carbocycles. The van der Waals surface area contributed by atoms with Crippen LogP contribution in [0.25, 0.3) is 0 Å². The summed E-state index contributed by atoms with van der Waals surface area (Å²) in [7, 11) is 0. The highest BCUT2D eigenvalue weighted by Gasteiger charge is 2.16. The van der Waals surface area contributed by atoms with Crippen LogP contribution in [0.15, 0.2) is 30.3 Å². The van der Waals surface area contributed by atoms with Crippen molar-refractivity contribution >= 4 is 51.7 Å². The average Bonchev–Trinajstić information content (AvgIpc) is 2.55. The fourth-order valence-corrected chi connectivity index (χ4v) is 3.19. The summed E-state index contributed by atoms with van der Waals surface area (Å²) in [5, 5.41) is 1.08. The number of ether oxygens (including phenoxy) is 2. The van der Waals surface area contributed by atoms with Gasteiger partial charge in [-0.2, -0.15) is 0 Å². The first-order valence-electron chi connectivity index (χ1n) is 7.00. The molecule has 128 valence electrons. The first-order valence-corrected chi connectivity index (χ1v) is 8.83. The Balaban J connectivity index is 2.29. The average molecular weight is 481 g/mol. The number of carbonyl (C=O) groups is 1. The van der Waals surface area contributed by atoms with Crippen LogP contribution in [-0.4, -0.2) is 12.5 Å². The number of nitrogens with two attached hydrogens (primary N) is 1. The predicted octanol–water partition coefficient (Wildman–Crippen LogP) is 4.18. The molecule has 0 bridgehead atoms. The van der Waals surface area contributed by atoms with Crippen molar-refractivity contribution in [1.29, 1.82) is 0 Å². The lowest BCUT2D eigenvalue weighted by atomic mass is 10.2. The minimum atomic E-state index is -0.402. The maximum atomic E-state index is 11.7. The molecular weight excluding hydrogens is 466 g/mol. The SMILES string of the molecule is CCOc1cc(C(=O)NN)cc(I)c1OCc1ccc(Cl)cc1Cl. The zero-order valence-corrected chi connectivity index (χ0v) is 16.4. The molecule has 5 nitrogen and oxygen atoms in total. The normalized spacial score (nSPS) is 10.4. The monoisotopic (exact) mass is 480 g/mol. The zero-order chi connectivity index (χ0) is 17.7. The van der Waals surface area contributed by atoms with Crippen molar-refractivity contribution in [3.8, 4) is 11.5 Å². The molecule has 2 aromatic rings. The van der Waals surface area contributed by atoms with E-state index >= 15 is 0 Å². The highest BCUT2D eigenvalue weighted by Crippen LogP contribution is 2.35. The van der Waals surface area contributed by atoms with Gasteiger partial charge in [-0.3, -0.25) is 10.2 Å². The molecule has 0 spiro atoms. The van der Waals surface area contributed by atoms with Crippen molar-refractivity contribution < 1.29 is 14.3 Å². The van der Waals surface area contributed by atoms with Gasteiger partial charge in [0, 0.05) is 21.2 Å². The summed E-state index contributed by atoms with van der Waals surface area (Å²) in [6.07, 6.45) is 0. The molecule has 0 atom stereocenters. The summed E-state index contributed by atoms with van der Waals surface area (Å²) in [5.41, 5.74) is 3.28. The van der Waals surface area contributed by atoms with Gasteiger partial charge in [0.1, 0.15) is 6.61 Å². The highest BCUT2D eigenvalue weighted by molar-refractivity contribution is 14.1. The Kier molecular flexibility index (Phi) is 6.97. The lowest BCUT2D eigenvalue weighted by Crippen LogP contribution is -2.30. The maximum Gasteiger partial charge on any atom is 0.265 e. The van der Waals surface area contributed by atoms with Crippen molar-refractivity contribution in [3.63, 3.8) is 0 Å². The number of carbonyl (C=O) groups excluding carboxylic acids is 1. The van der Waals surface area contributed by atoms with E-state index in [1.54, 1.807) is 30.3 Å². The topological polar surface area (TPSA) is 73.6 Å². The molecule has 0 heterocycles. The van der Waals surface area contributed by atoms with Crippen LogP contribution in [-0.2, 0) is 6.61 Å². The van der Waals surface area contributed by atoms with Crippen LogP contribution in [0.1, 0.15) is 22.8 Å². The van der Waals surface area contributed by atoms with Crippen LogP contribution in [0.5, 0.6) is 11.5 Å². The van der Waals surface area contributed by atoms with Crippen LogP contribution in [0, 0.1) is 3.57 Å². The van der Waals surface area contributed by atoms with Gasteiger partial charge >= 0.3 is 0 Å². The van der Waals surface area contributed by atoms with E-state index in [9.17, 15) is 4.79 Å². The standard InChI is InChI=1S/C16H15Cl2IN2O3/c1-2-23-14-6-10(16(22)21-20)5-13(19)15(14)24-8-9-3-4-11(17)7-12(9)18/h3-7H,2,8,20H2,1H3,(H,21,22). The van der Waals surface area contributed by atoms with Crippen molar-refractivity contribution in [2.24, 2.45) is 5.84 Å². The van der Waals surface area contributed by atoms with Gasteiger partial charge in [0.25, 0.3) is 5.91 Å². The van der Waals surface area contributed by atoms with Crippen molar-refractivity contribution in [1.82, 2.24) is 5.43 Å². The third-order valence-electron chi connectivity index (χ3n) is 3.09. The van der Waals surface area contributed by atoms with E-state index < -0.39 is 5.91 Å². The van der Waals surface area contributed by atoms with E-state index in [1.165, 1.54) is 0 Å². The van der Waals surface area contributed by atoms with E-state index in [0.29, 0.717) is 33.7 Å². The highest BCUT2D eigenvalue weighted by atomic mass is 127. The van der Waals surface area contributed by atoms with E-state index in [-0.39, 0.29) is 6.61 Å². The molecule has 0 unspecified atom stereocenters. The summed E-state index contributed by atoms with van der Waals surface area (Å²) in [5.74, 6) is 5.78. The number of hydrazine groups is 1. The Bertz CT molecular complexity index is 756. The molecule has 0 aliphatic heterocycles. The van der Waals surface area contributed by atoms with Crippen molar-refractivity contribution in [3.05, 3.63) is 55.1 Å². The third kappa shape index (κ3) is 4.66. The number of hydrogen-bond acceptors (Lipinski definition) is 4. The maximum absolute atomic E-state index is 11.7. The molecule has 3 N–H and O–H groups in total. The Hall–Kier alpha value is -1.22. The number of halogens is 3. The summed E-state index contributed by atoms with van der Waals surface area (Å²) in [6, 6.07) is 8.46. The van der Waals surface area contributed by atoms with Crippen LogP contribution in [0.2, 0.25) is 10.0 Å². The van der Waals surface area contributed by atoms with Gasteiger partial charge in [0.15, 0.2) is 11.5 Å². The Morgan fingerprint density at radius 2 is 2.00 bits per heavy atom. The Morgan fingerprint density at radius 1 is 1.25 bits per heavy atom. The molecule has 0 saturated heterocycles. The summed E-state index contributed by atoms with van der Waals surface area (Å²) < 4.78 is 12.2. The van der Waals surface area contributed by atoms with Gasteiger partial charge in [0.2, 0.25) is 0 Å². The molecule has 0 fully saturated rings. The quantitative estimate of drug-likeness (QED) is 0.281. The van der Waals surface area contributed by atoms with E-state index in [2.05, 4.69) is 28.0 Å². The number of benzene rings is 2. The van der Waals surface area contributed by atoms with E-state index in [1.807, 2.05) is 6.92 Å². The predicted molar refractivity (Wildman–Crippen MR) is 103 cm³/mol. The van der Waals surface area contributed by atoms with Crippen LogP contribution >= 0.6 is 45.8 Å². The molecule has 2 rings (SSSR count). The second kappa shape index (κ2) is 8.75. The van der Waals surface area contributed by atoms with Gasteiger partial charge in [0.05, 0.1) is 10.2 Å². The number of nitrogens with one attached hydrogen (secondary N) is 1. The number of amides is 1. The number of hydrogen-bond donors (Lipinski definition) is 2. The van der Waals surface area contributed by atoms with Crippen LogP contribution in [0.3, 0.4) is 0 Å². The lowest BCUT2D eigenvalue weighted by Gasteiger charge is -2.15. The van der Waals surface area contributed by atoms with Crippen LogP contribution < -0.4 is 20.7 Å². The molecule has 0 saturated carbocycles. The van der Waals surface area contributed by atoms with Gasteiger partial charge in [-0.05, 0) is 53.8 Å². The fourth-order valence-electron chi connectivity index (χ4n) is 1.97. The first-order chi connectivity index (χ1) is 11.5. The van der Waals surface area contributed by atoms with E-state index in [4.69, 9.17) is 38.5 Å². The Morgan fingerprint density at radius 3 is 2.62 bits per heavy atom. The molecule has 1 amide bonds. The lowest BCUT2D eigenvalue weighted by molar-refractivity contribution is 0.0953. The first kappa shape index (κ1) is 19.1. The molecule has 8 heteroatoms. The molecule has 0 aliphatic carbocycles. The fraction of sp³-hybridized carbons (Fsp3) is 0.188. The van der Waals surface area contributed by atoms with Gasteiger partial charge in [-0.1, -0.05) is 29.3 Å². The van der Waals surface area contributed by atoms with Gasteiger partial charge in [-0.25, -0.2) is 5.84 Å². The minimum Gasteiger partial charge on any atom is -0.490 e. The van der Waals surface area contributed by atoms with Gasteiger partial charge in [-0.15, -0.1) is 0 Å². The summed E-state index contributed by atoms with van der Waals surface area (Å²) in [6.45, 7) is 2.53. The largest absolute Gasteiger partial charge is 0.490 e. The summed E-state index contributed by atoms with van der Waals surface area (Å²) >= 11 is 14.1. The van der Waals surface area contributed by atoms with E-state index in [0.717, 1.165) is 9.13 Å². The zero-order valence-electron chi connectivity index (χ0n) is 12.7. The molecule has 0 aliphatic rings. The van der Waals surface area contributed by atoms with Crippen LogP contribution in [0.4, 0.5) is 0 Å².